The van der Waals surface area contributed by atoms with Gasteiger partial charge in [-0.3, -0.25) is 4.98 Å². The summed E-state index contributed by atoms with van der Waals surface area (Å²) >= 11 is 0. The van der Waals surface area contributed by atoms with Crippen LogP contribution in [0.25, 0.3) is 22.2 Å². The van der Waals surface area contributed by atoms with Gasteiger partial charge in [-0.15, -0.1) is 0 Å². The number of benzene rings is 1. The number of anilines is 1. The number of pyridine rings is 1. The van der Waals surface area contributed by atoms with Crippen LogP contribution in [0.5, 0.6) is 0 Å². The summed E-state index contributed by atoms with van der Waals surface area (Å²) < 4.78 is 0. The Hall–Kier alpha value is -2.49. The Morgan fingerprint density at radius 1 is 1.04 bits per heavy atom. The third-order valence-electron chi connectivity index (χ3n) is 3.86. The van der Waals surface area contributed by atoms with Crippen molar-refractivity contribution in [3.63, 3.8) is 0 Å². The second-order valence-corrected chi connectivity index (χ2v) is 6.28. The van der Waals surface area contributed by atoms with Gasteiger partial charge in [0.25, 0.3) is 0 Å². The number of aryl methyl sites for hydroxylation is 1. The van der Waals surface area contributed by atoms with Gasteiger partial charge >= 0.3 is 0 Å². The monoisotopic (exact) mass is 306 g/mol. The molecule has 0 saturated carbocycles. The molecule has 1 N–H and O–H groups in total. The van der Waals surface area contributed by atoms with Gasteiger partial charge in [-0.25, -0.2) is 9.97 Å². The Labute approximate surface area is 137 Å². The zero-order valence-corrected chi connectivity index (χ0v) is 13.9. The van der Waals surface area contributed by atoms with Crippen molar-refractivity contribution in [1.29, 1.82) is 0 Å². The zero-order valence-electron chi connectivity index (χ0n) is 13.9. The first-order valence-electron chi connectivity index (χ1n) is 8.05. The predicted octanol–water partition coefficient (Wildman–Crippen LogP) is 4.46. The topological polar surface area (TPSA) is 50.7 Å². The normalized spacial score (nSPS) is 11.1. The minimum absolute atomic E-state index is 0.669. The predicted molar refractivity (Wildman–Crippen MR) is 95.5 cm³/mol. The Morgan fingerprint density at radius 2 is 1.91 bits per heavy atom. The van der Waals surface area contributed by atoms with Crippen molar-refractivity contribution in [2.45, 2.75) is 27.2 Å². The smallest absolute Gasteiger partial charge is 0.137 e. The highest BCUT2D eigenvalue weighted by atomic mass is 15.0. The molecule has 3 aromatic rings. The Bertz CT molecular complexity index is 794. The largest absolute Gasteiger partial charge is 0.369 e. The minimum atomic E-state index is 0.669. The molecule has 0 aliphatic carbocycles. The first-order valence-corrected chi connectivity index (χ1v) is 8.05. The molecule has 118 valence electrons. The third kappa shape index (κ3) is 3.65. The molecule has 0 aliphatic heterocycles. The highest BCUT2D eigenvalue weighted by Gasteiger charge is 2.07. The number of rotatable bonds is 5. The first kappa shape index (κ1) is 15.4. The third-order valence-corrected chi connectivity index (χ3v) is 3.86. The molecule has 3 rings (SSSR count). The summed E-state index contributed by atoms with van der Waals surface area (Å²) in [5, 5.41) is 4.47. The van der Waals surface area contributed by atoms with Gasteiger partial charge in [-0.05, 0) is 43.0 Å². The molecule has 0 radical (unpaired) electrons. The molecule has 0 saturated heterocycles. The second kappa shape index (κ2) is 6.73. The standard InChI is InChI=1S/C19H22N4/c1-13(2)8-9-20-19-16-10-15(5-7-18(16)22-12-23-19)17-6-4-14(3)11-21-17/h4-7,10-13H,8-9H2,1-3H3,(H,20,22,23). The van der Waals surface area contributed by atoms with E-state index in [1.165, 1.54) is 0 Å². The maximum absolute atomic E-state index is 4.51. The van der Waals surface area contributed by atoms with Gasteiger partial charge in [0, 0.05) is 23.7 Å². The van der Waals surface area contributed by atoms with Gasteiger partial charge < -0.3 is 5.32 Å². The van der Waals surface area contributed by atoms with E-state index in [9.17, 15) is 0 Å². The Balaban J connectivity index is 1.95. The van der Waals surface area contributed by atoms with Crippen molar-refractivity contribution in [1.82, 2.24) is 15.0 Å². The van der Waals surface area contributed by atoms with Gasteiger partial charge in [0.1, 0.15) is 12.1 Å². The average Bonchev–Trinajstić information content (AvgIpc) is 2.55. The Morgan fingerprint density at radius 3 is 2.65 bits per heavy atom. The van der Waals surface area contributed by atoms with E-state index < -0.39 is 0 Å². The average molecular weight is 306 g/mol. The van der Waals surface area contributed by atoms with E-state index >= 15 is 0 Å². The molecule has 0 unspecified atom stereocenters. The van der Waals surface area contributed by atoms with Crippen LogP contribution in [0.2, 0.25) is 0 Å². The van der Waals surface area contributed by atoms with Crippen molar-refractivity contribution in [3.8, 4) is 11.3 Å². The summed E-state index contributed by atoms with van der Waals surface area (Å²) in [5.74, 6) is 1.56. The Kier molecular flexibility index (Phi) is 4.51. The van der Waals surface area contributed by atoms with Crippen molar-refractivity contribution in [2.75, 3.05) is 11.9 Å². The van der Waals surface area contributed by atoms with Gasteiger partial charge in [0.05, 0.1) is 11.2 Å². The highest BCUT2D eigenvalue weighted by Crippen LogP contribution is 2.26. The SMILES string of the molecule is Cc1ccc(-c2ccc3ncnc(NCCC(C)C)c3c2)nc1. The van der Waals surface area contributed by atoms with Crippen molar-refractivity contribution < 1.29 is 0 Å². The van der Waals surface area contributed by atoms with Gasteiger partial charge in [0.15, 0.2) is 0 Å². The lowest BCUT2D eigenvalue weighted by Gasteiger charge is -2.10. The van der Waals surface area contributed by atoms with E-state index in [-0.39, 0.29) is 0 Å². The summed E-state index contributed by atoms with van der Waals surface area (Å²) in [6, 6.07) is 10.3. The van der Waals surface area contributed by atoms with E-state index in [1.807, 2.05) is 25.3 Å². The maximum Gasteiger partial charge on any atom is 0.137 e. The molecule has 23 heavy (non-hydrogen) atoms. The molecule has 0 aliphatic rings. The molecule has 0 fully saturated rings. The first-order chi connectivity index (χ1) is 11.1. The van der Waals surface area contributed by atoms with Crippen molar-refractivity contribution in [2.24, 2.45) is 5.92 Å². The van der Waals surface area contributed by atoms with Crippen LogP contribution in [0.3, 0.4) is 0 Å². The minimum Gasteiger partial charge on any atom is -0.369 e. The number of hydrogen-bond donors (Lipinski definition) is 1. The molecule has 0 amide bonds. The van der Waals surface area contributed by atoms with Crippen LogP contribution in [0.4, 0.5) is 5.82 Å². The summed E-state index contributed by atoms with van der Waals surface area (Å²) in [6.07, 6.45) is 4.62. The molecular weight excluding hydrogens is 284 g/mol. The van der Waals surface area contributed by atoms with Crippen molar-refractivity contribution >= 4 is 16.7 Å². The number of nitrogens with zero attached hydrogens (tertiary/aromatic N) is 3. The number of aromatic nitrogens is 3. The molecular formula is C19H22N4. The molecule has 0 spiro atoms. The van der Waals surface area contributed by atoms with E-state index in [2.05, 4.69) is 52.3 Å². The van der Waals surface area contributed by atoms with E-state index in [0.717, 1.165) is 46.5 Å². The molecule has 4 nitrogen and oxygen atoms in total. The van der Waals surface area contributed by atoms with Crippen LogP contribution in [0.15, 0.2) is 42.9 Å². The van der Waals surface area contributed by atoms with Gasteiger partial charge in [-0.2, -0.15) is 0 Å². The summed E-state index contributed by atoms with van der Waals surface area (Å²) in [5.41, 5.74) is 4.16. The lowest BCUT2D eigenvalue weighted by atomic mass is 10.1. The lowest BCUT2D eigenvalue weighted by molar-refractivity contribution is 0.607. The van der Waals surface area contributed by atoms with E-state index in [1.54, 1.807) is 6.33 Å². The van der Waals surface area contributed by atoms with Crippen LogP contribution in [-0.4, -0.2) is 21.5 Å². The fraction of sp³-hybridized carbons (Fsp3) is 0.316. The zero-order chi connectivity index (χ0) is 16.2. The second-order valence-electron chi connectivity index (χ2n) is 6.28. The summed E-state index contributed by atoms with van der Waals surface area (Å²) in [6.45, 7) is 7.40. The summed E-state index contributed by atoms with van der Waals surface area (Å²) in [4.78, 5) is 13.3. The van der Waals surface area contributed by atoms with Crippen LogP contribution < -0.4 is 5.32 Å². The number of fused-ring (bicyclic) bond motifs is 1. The molecule has 2 aromatic heterocycles. The van der Waals surface area contributed by atoms with Crippen LogP contribution in [-0.2, 0) is 0 Å². The van der Waals surface area contributed by atoms with Gasteiger partial charge in [0.2, 0.25) is 0 Å². The molecule has 0 atom stereocenters. The quantitative estimate of drug-likeness (QED) is 0.756. The maximum atomic E-state index is 4.51. The van der Waals surface area contributed by atoms with Crippen LogP contribution in [0.1, 0.15) is 25.8 Å². The highest BCUT2D eigenvalue weighted by molar-refractivity contribution is 5.92. The fourth-order valence-electron chi connectivity index (χ4n) is 2.47. The molecule has 0 bridgehead atoms. The van der Waals surface area contributed by atoms with Gasteiger partial charge in [-0.1, -0.05) is 26.0 Å². The molecule has 1 aromatic carbocycles. The molecule has 2 heterocycles. The van der Waals surface area contributed by atoms with Crippen molar-refractivity contribution in [3.05, 3.63) is 48.4 Å². The summed E-state index contributed by atoms with van der Waals surface area (Å²) in [7, 11) is 0. The van der Waals surface area contributed by atoms with Crippen LogP contribution >= 0.6 is 0 Å². The van der Waals surface area contributed by atoms with E-state index in [4.69, 9.17) is 0 Å². The lowest BCUT2D eigenvalue weighted by Crippen LogP contribution is -2.06. The molecule has 4 heteroatoms. The van der Waals surface area contributed by atoms with Crippen LogP contribution in [0, 0.1) is 12.8 Å². The number of nitrogens with one attached hydrogen (secondary N) is 1. The van der Waals surface area contributed by atoms with E-state index in [0.29, 0.717) is 5.92 Å². The fourth-order valence-corrected chi connectivity index (χ4v) is 2.47. The number of hydrogen-bond acceptors (Lipinski definition) is 4.